The molecule has 2 heterocycles. The van der Waals surface area contributed by atoms with E-state index in [9.17, 15) is 4.79 Å². The minimum Gasteiger partial charge on any atom is -0.308 e. The SMILES string of the molecule is CCc1cc(NC(=O)CSc2nc3ccccc3s2)n[nH]1. The van der Waals surface area contributed by atoms with Gasteiger partial charge < -0.3 is 5.32 Å². The number of fused-ring (bicyclic) bond motifs is 1. The minimum absolute atomic E-state index is 0.0755. The number of hydrogen-bond acceptors (Lipinski definition) is 5. The van der Waals surface area contributed by atoms with E-state index in [1.54, 1.807) is 11.3 Å². The number of nitrogens with one attached hydrogen (secondary N) is 2. The number of aromatic amines is 1. The molecule has 1 aromatic carbocycles. The maximum Gasteiger partial charge on any atom is 0.236 e. The van der Waals surface area contributed by atoms with E-state index in [-0.39, 0.29) is 5.91 Å². The van der Waals surface area contributed by atoms with Gasteiger partial charge in [-0.05, 0) is 18.6 Å². The normalized spacial score (nSPS) is 10.9. The van der Waals surface area contributed by atoms with E-state index in [1.165, 1.54) is 11.8 Å². The highest BCUT2D eigenvalue weighted by Gasteiger charge is 2.09. The van der Waals surface area contributed by atoms with Crippen LogP contribution in [0, 0.1) is 0 Å². The monoisotopic (exact) mass is 318 g/mol. The number of amides is 1. The number of thioether (sulfide) groups is 1. The molecule has 7 heteroatoms. The Bertz CT molecular complexity index is 732. The van der Waals surface area contributed by atoms with Gasteiger partial charge in [0.15, 0.2) is 10.2 Å². The molecule has 0 saturated carbocycles. The first-order valence-electron chi connectivity index (χ1n) is 6.57. The van der Waals surface area contributed by atoms with Crippen molar-refractivity contribution in [2.75, 3.05) is 11.1 Å². The number of nitrogens with zero attached hydrogens (tertiary/aromatic N) is 2. The summed E-state index contributed by atoms with van der Waals surface area (Å²) in [6.45, 7) is 2.03. The van der Waals surface area contributed by atoms with Crippen LogP contribution in [0.4, 0.5) is 5.82 Å². The first-order chi connectivity index (χ1) is 10.2. The fourth-order valence-corrected chi connectivity index (χ4v) is 3.69. The highest BCUT2D eigenvalue weighted by molar-refractivity contribution is 8.01. The van der Waals surface area contributed by atoms with Gasteiger partial charge in [-0.1, -0.05) is 30.8 Å². The van der Waals surface area contributed by atoms with Crippen molar-refractivity contribution in [2.24, 2.45) is 0 Å². The van der Waals surface area contributed by atoms with E-state index in [0.29, 0.717) is 11.6 Å². The summed E-state index contributed by atoms with van der Waals surface area (Å²) in [5, 5.41) is 9.68. The molecule has 0 atom stereocenters. The second-order valence-electron chi connectivity index (χ2n) is 4.42. The van der Waals surface area contributed by atoms with Crippen LogP contribution >= 0.6 is 23.1 Å². The molecule has 0 saturated heterocycles. The van der Waals surface area contributed by atoms with Crippen LogP contribution < -0.4 is 5.32 Å². The average molecular weight is 318 g/mol. The smallest absolute Gasteiger partial charge is 0.236 e. The summed E-state index contributed by atoms with van der Waals surface area (Å²) in [6, 6.07) is 9.82. The molecular formula is C14H14N4OS2. The Kier molecular flexibility index (Phi) is 4.21. The summed E-state index contributed by atoms with van der Waals surface area (Å²) in [7, 11) is 0. The lowest BCUT2D eigenvalue weighted by molar-refractivity contribution is -0.113. The van der Waals surface area contributed by atoms with Crippen molar-refractivity contribution in [1.29, 1.82) is 0 Å². The number of anilines is 1. The van der Waals surface area contributed by atoms with Gasteiger partial charge in [-0.15, -0.1) is 11.3 Å². The van der Waals surface area contributed by atoms with Gasteiger partial charge >= 0.3 is 0 Å². The van der Waals surface area contributed by atoms with E-state index < -0.39 is 0 Å². The number of para-hydroxylation sites is 1. The molecule has 2 aromatic heterocycles. The topological polar surface area (TPSA) is 70.7 Å². The fourth-order valence-electron chi connectivity index (χ4n) is 1.83. The van der Waals surface area contributed by atoms with Crippen LogP contribution in [-0.4, -0.2) is 26.8 Å². The Hall–Kier alpha value is -1.86. The first-order valence-corrected chi connectivity index (χ1v) is 8.37. The Morgan fingerprint density at radius 2 is 2.29 bits per heavy atom. The third-order valence-corrected chi connectivity index (χ3v) is 5.06. The summed E-state index contributed by atoms with van der Waals surface area (Å²) in [4.78, 5) is 16.4. The predicted octanol–water partition coefficient (Wildman–Crippen LogP) is 3.31. The molecule has 21 heavy (non-hydrogen) atoms. The lowest BCUT2D eigenvalue weighted by Crippen LogP contribution is -2.14. The van der Waals surface area contributed by atoms with E-state index in [2.05, 4.69) is 20.5 Å². The van der Waals surface area contributed by atoms with E-state index in [4.69, 9.17) is 0 Å². The number of hydrogen-bond donors (Lipinski definition) is 2. The zero-order chi connectivity index (χ0) is 14.7. The number of benzene rings is 1. The predicted molar refractivity (Wildman–Crippen MR) is 86.9 cm³/mol. The molecule has 3 rings (SSSR count). The highest BCUT2D eigenvalue weighted by Crippen LogP contribution is 2.29. The van der Waals surface area contributed by atoms with Crippen LogP contribution in [0.25, 0.3) is 10.2 Å². The molecule has 2 N–H and O–H groups in total. The molecule has 0 unspecified atom stereocenters. The average Bonchev–Trinajstić information content (AvgIpc) is 3.10. The maximum absolute atomic E-state index is 11.9. The van der Waals surface area contributed by atoms with E-state index >= 15 is 0 Å². The van der Waals surface area contributed by atoms with Crippen LogP contribution in [0.2, 0.25) is 0 Å². The van der Waals surface area contributed by atoms with E-state index in [0.717, 1.165) is 26.7 Å². The number of carbonyl (C=O) groups is 1. The number of H-pyrrole nitrogens is 1. The van der Waals surface area contributed by atoms with Crippen molar-refractivity contribution in [1.82, 2.24) is 15.2 Å². The summed E-state index contributed by atoms with van der Waals surface area (Å²) < 4.78 is 2.04. The van der Waals surface area contributed by atoms with Gasteiger partial charge in [0.05, 0.1) is 16.0 Å². The maximum atomic E-state index is 11.9. The van der Waals surface area contributed by atoms with Gasteiger partial charge in [0, 0.05) is 11.8 Å². The largest absolute Gasteiger partial charge is 0.308 e. The standard InChI is InChI=1S/C14H14N4OS2/c1-2-9-7-12(18-17-9)16-13(19)8-20-14-15-10-5-3-4-6-11(10)21-14/h3-7H,2,8H2,1H3,(H2,16,17,18,19). The summed E-state index contributed by atoms with van der Waals surface area (Å²) in [5.74, 6) is 0.823. The second kappa shape index (κ2) is 6.28. The Morgan fingerprint density at radius 3 is 3.05 bits per heavy atom. The quantitative estimate of drug-likeness (QED) is 0.708. The van der Waals surface area contributed by atoms with Crippen LogP contribution in [0.5, 0.6) is 0 Å². The number of rotatable bonds is 5. The van der Waals surface area contributed by atoms with Crippen LogP contribution in [0.3, 0.4) is 0 Å². The Balaban J connectivity index is 1.57. The summed E-state index contributed by atoms with van der Waals surface area (Å²) in [6.07, 6.45) is 0.864. The van der Waals surface area contributed by atoms with Crippen molar-refractivity contribution in [3.8, 4) is 0 Å². The lowest BCUT2D eigenvalue weighted by atomic mass is 10.3. The van der Waals surface area contributed by atoms with Crippen molar-refractivity contribution < 1.29 is 4.79 Å². The summed E-state index contributed by atoms with van der Waals surface area (Å²) in [5.41, 5.74) is 1.98. The molecule has 1 amide bonds. The Morgan fingerprint density at radius 1 is 1.43 bits per heavy atom. The van der Waals surface area contributed by atoms with Gasteiger partial charge in [0.25, 0.3) is 0 Å². The Labute approximate surface area is 130 Å². The first kappa shape index (κ1) is 14.1. The minimum atomic E-state index is -0.0755. The molecule has 3 aromatic rings. The lowest BCUT2D eigenvalue weighted by Gasteiger charge is -1.99. The van der Waals surface area contributed by atoms with Gasteiger partial charge in [0.2, 0.25) is 5.91 Å². The molecule has 0 bridgehead atoms. The molecule has 0 radical (unpaired) electrons. The molecular weight excluding hydrogens is 304 g/mol. The molecule has 5 nitrogen and oxygen atoms in total. The molecule has 108 valence electrons. The number of aryl methyl sites for hydroxylation is 1. The van der Waals surface area contributed by atoms with Gasteiger partial charge in [-0.2, -0.15) is 5.10 Å². The number of aromatic nitrogens is 3. The van der Waals surface area contributed by atoms with Crippen molar-refractivity contribution in [3.05, 3.63) is 36.0 Å². The molecule has 0 spiro atoms. The van der Waals surface area contributed by atoms with Gasteiger partial charge in [0.1, 0.15) is 0 Å². The highest BCUT2D eigenvalue weighted by atomic mass is 32.2. The van der Waals surface area contributed by atoms with Crippen molar-refractivity contribution >= 4 is 45.0 Å². The molecule has 0 aliphatic heterocycles. The summed E-state index contributed by atoms with van der Waals surface area (Å²) >= 11 is 3.05. The molecule has 0 aliphatic rings. The van der Waals surface area contributed by atoms with Crippen LogP contribution in [0.1, 0.15) is 12.6 Å². The molecule has 0 fully saturated rings. The third-order valence-electron chi connectivity index (χ3n) is 2.88. The number of thiazole rings is 1. The number of carbonyl (C=O) groups excluding carboxylic acids is 1. The zero-order valence-electron chi connectivity index (χ0n) is 11.4. The van der Waals surface area contributed by atoms with Gasteiger partial charge in [-0.3, -0.25) is 9.89 Å². The van der Waals surface area contributed by atoms with Crippen molar-refractivity contribution in [2.45, 2.75) is 17.7 Å². The second-order valence-corrected chi connectivity index (χ2v) is 6.67. The fraction of sp³-hybridized carbons (Fsp3) is 0.214. The van der Waals surface area contributed by atoms with Crippen LogP contribution in [0.15, 0.2) is 34.7 Å². The van der Waals surface area contributed by atoms with Crippen LogP contribution in [-0.2, 0) is 11.2 Å². The van der Waals surface area contributed by atoms with Gasteiger partial charge in [-0.25, -0.2) is 4.98 Å². The third kappa shape index (κ3) is 3.43. The van der Waals surface area contributed by atoms with Crippen molar-refractivity contribution in [3.63, 3.8) is 0 Å². The van der Waals surface area contributed by atoms with E-state index in [1.807, 2.05) is 37.3 Å². The zero-order valence-corrected chi connectivity index (χ0v) is 13.1. The molecule has 0 aliphatic carbocycles.